The van der Waals surface area contributed by atoms with E-state index in [1.54, 1.807) is 0 Å². The number of carbonyl (C=O) groups is 2. The summed E-state index contributed by atoms with van der Waals surface area (Å²) in [7, 11) is 1.27. The van der Waals surface area contributed by atoms with Crippen molar-refractivity contribution in [2.75, 3.05) is 50.6 Å². The summed E-state index contributed by atoms with van der Waals surface area (Å²) in [4.78, 5) is 26.3. The first-order valence-corrected chi connectivity index (χ1v) is 9.63. The number of carbonyl (C=O) groups excluding carboxylic acids is 2. The minimum atomic E-state index is -0.576. The third-order valence-electron chi connectivity index (χ3n) is 4.57. The van der Waals surface area contributed by atoms with Gasteiger partial charge in [-0.25, -0.2) is 4.79 Å². The largest absolute Gasteiger partial charge is 0.492 e. The highest BCUT2D eigenvalue weighted by atomic mass is 16.5. The summed E-state index contributed by atoms with van der Waals surface area (Å²) in [5, 5.41) is 15.5. The fourth-order valence-electron chi connectivity index (χ4n) is 3.10. The van der Waals surface area contributed by atoms with Crippen LogP contribution in [0.5, 0.6) is 5.75 Å². The van der Waals surface area contributed by atoms with Crippen molar-refractivity contribution in [1.29, 1.82) is 0 Å². The number of hydrogen-bond donors (Lipinski definition) is 3. The lowest BCUT2D eigenvalue weighted by atomic mass is 10.2. The summed E-state index contributed by atoms with van der Waals surface area (Å²) >= 11 is 0. The SMILES string of the molecule is COC(=O)C1=C(Nc2ccccc2NCCOc2ccccc2)C(=O)N(CCO)C1. The number of amides is 1. The Kier molecular flexibility index (Phi) is 7.29. The van der Waals surface area contributed by atoms with E-state index >= 15 is 0 Å². The number of methoxy groups -OCH3 is 1. The van der Waals surface area contributed by atoms with Crippen LogP contribution in [0.2, 0.25) is 0 Å². The van der Waals surface area contributed by atoms with Crippen molar-refractivity contribution in [2.45, 2.75) is 0 Å². The quantitative estimate of drug-likeness (QED) is 0.405. The van der Waals surface area contributed by atoms with Gasteiger partial charge in [0.25, 0.3) is 5.91 Å². The van der Waals surface area contributed by atoms with Gasteiger partial charge in [0.05, 0.1) is 37.2 Å². The molecule has 8 nitrogen and oxygen atoms in total. The van der Waals surface area contributed by atoms with Crippen LogP contribution in [0.3, 0.4) is 0 Å². The first kappa shape index (κ1) is 21.2. The second-order valence-electron chi connectivity index (χ2n) is 6.55. The molecule has 1 aliphatic heterocycles. The van der Waals surface area contributed by atoms with Gasteiger partial charge in [-0.05, 0) is 24.3 Å². The highest BCUT2D eigenvalue weighted by Crippen LogP contribution is 2.27. The maximum absolute atomic E-state index is 12.7. The van der Waals surface area contributed by atoms with E-state index in [4.69, 9.17) is 9.47 Å². The van der Waals surface area contributed by atoms with Gasteiger partial charge in [-0.2, -0.15) is 0 Å². The fraction of sp³-hybridized carbons (Fsp3) is 0.273. The summed E-state index contributed by atoms with van der Waals surface area (Å²) in [6, 6.07) is 16.9. The van der Waals surface area contributed by atoms with Gasteiger partial charge in [0, 0.05) is 13.1 Å². The number of benzene rings is 2. The molecule has 1 amide bonds. The Morgan fingerprint density at radius 3 is 2.50 bits per heavy atom. The molecule has 3 rings (SSSR count). The van der Waals surface area contributed by atoms with E-state index in [1.165, 1.54) is 12.0 Å². The van der Waals surface area contributed by atoms with E-state index in [2.05, 4.69) is 10.6 Å². The van der Waals surface area contributed by atoms with Crippen LogP contribution < -0.4 is 15.4 Å². The molecule has 0 unspecified atom stereocenters. The van der Waals surface area contributed by atoms with Crippen LogP contribution in [0.15, 0.2) is 65.9 Å². The predicted octanol–water partition coefficient (Wildman–Crippen LogP) is 1.85. The minimum absolute atomic E-state index is 0.0922. The van der Waals surface area contributed by atoms with Crippen LogP contribution in [0.1, 0.15) is 0 Å². The molecular formula is C22H25N3O5. The van der Waals surface area contributed by atoms with Gasteiger partial charge in [-0.15, -0.1) is 0 Å². The predicted molar refractivity (Wildman–Crippen MR) is 113 cm³/mol. The molecule has 0 saturated heterocycles. The molecule has 2 aromatic rings. The molecule has 8 heteroatoms. The average Bonchev–Trinajstić information content (AvgIpc) is 3.08. The zero-order valence-electron chi connectivity index (χ0n) is 16.8. The number of nitrogens with one attached hydrogen (secondary N) is 2. The molecule has 0 bridgehead atoms. The standard InChI is InChI=1S/C22H25N3O5/c1-29-22(28)17-15-25(12-13-26)21(27)20(17)24-19-10-6-5-9-18(19)23-11-14-30-16-7-3-2-4-8-16/h2-10,23-24,26H,11-15H2,1H3. The first-order valence-electron chi connectivity index (χ1n) is 9.63. The van der Waals surface area contributed by atoms with Gasteiger partial charge in [-0.3, -0.25) is 4.79 Å². The molecule has 3 N–H and O–H groups in total. The molecular weight excluding hydrogens is 386 g/mol. The molecule has 1 aliphatic rings. The van der Waals surface area contributed by atoms with Gasteiger partial charge in [-0.1, -0.05) is 30.3 Å². The number of ether oxygens (including phenoxy) is 2. The van der Waals surface area contributed by atoms with Gasteiger partial charge in [0.1, 0.15) is 18.1 Å². The Balaban J connectivity index is 1.69. The third-order valence-corrected chi connectivity index (χ3v) is 4.57. The summed E-state index contributed by atoms with van der Waals surface area (Å²) < 4.78 is 10.5. The lowest BCUT2D eigenvalue weighted by molar-refractivity contribution is -0.136. The van der Waals surface area contributed by atoms with Crippen LogP contribution in [-0.4, -0.2) is 61.8 Å². The van der Waals surface area contributed by atoms with E-state index in [1.807, 2.05) is 54.6 Å². The van der Waals surface area contributed by atoms with E-state index < -0.39 is 5.97 Å². The zero-order chi connectivity index (χ0) is 21.3. The van der Waals surface area contributed by atoms with Crippen LogP contribution in [-0.2, 0) is 14.3 Å². The summed E-state index contributed by atoms with van der Waals surface area (Å²) in [5.41, 5.74) is 1.80. The lowest BCUT2D eigenvalue weighted by Gasteiger charge is -2.17. The molecule has 0 aliphatic carbocycles. The Labute approximate surface area is 175 Å². The normalized spacial score (nSPS) is 13.4. The summed E-state index contributed by atoms with van der Waals surface area (Å²) in [5.74, 6) is -0.140. The van der Waals surface area contributed by atoms with E-state index in [9.17, 15) is 14.7 Å². The molecule has 0 atom stereocenters. The van der Waals surface area contributed by atoms with Crippen molar-refractivity contribution in [3.8, 4) is 5.75 Å². The Hall–Kier alpha value is -3.52. The van der Waals surface area contributed by atoms with E-state index in [-0.39, 0.29) is 36.9 Å². The second-order valence-corrected chi connectivity index (χ2v) is 6.55. The van der Waals surface area contributed by atoms with E-state index in [0.717, 1.165) is 11.4 Å². The number of esters is 1. The molecule has 1 heterocycles. The number of β-amino-alcohol motifs (C(OH)–C–C–N with tert-alkyl or cyclic N) is 1. The molecule has 158 valence electrons. The number of para-hydroxylation sites is 3. The molecule has 30 heavy (non-hydrogen) atoms. The van der Waals surface area contributed by atoms with Crippen LogP contribution >= 0.6 is 0 Å². The van der Waals surface area contributed by atoms with Crippen molar-refractivity contribution in [3.63, 3.8) is 0 Å². The molecule has 2 aromatic carbocycles. The lowest BCUT2D eigenvalue weighted by Crippen LogP contribution is -2.31. The van der Waals surface area contributed by atoms with Gasteiger partial charge in [0.15, 0.2) is 0 Å². The van der Waals surface area contributed by atoms with Crippen LogP contribution in [0.25, 0.3) is 0 Å². The van der Waals surface area contributed by atoms with Crippen molar-refractivity contribution in [2.24, 2.45) is 0 Å². The monoisotopic (exact) mass is 411 g/mol. The maximum Gasteiger partial charge on any atom is 0.337 e. The third kappa shape index (κ3) is 5.09. The topological polar surface area (TPSA) is 100 Å². The highest BCUT2D eigenvalue weighted by molar-refractivity contribution is 6.09. The van der Waals surface area contributed by atoms with Crippen molar-refractivity contribution in [1.82, 2.24) is 4.90 Å². The molecule has 0 aromatic heterocycles. The average molecular weight is 411 g/mol. The maximum atomic E-state index is 12.7. The number of rotatable bonds is 10. The molecule has 0 saturated carbocycles. The smallest absolute Gasteiger partial charge is 0.337 e. The van der Waals surface area contributed by atoms with Crippen molar-refractivity contribution >= 4 is 23.3 Å². The highest BCUT2D eigenvalue weighted by Gasteiger charge is 2.34. The minimum Gasteiger partial charge on any atom is -0.492 e. The van der Waals surface area contributed by atoms with E-state index in [0.29, 0.717) is 18.8 Å². The van der Waals surface area contributed by atoms with Crippen LogP contribution in [0.4, 0.5) is 11.4 Å². The number of aliphatic hydroxyl groups is 1. The van der Waals surface area contributed by atoms with Crippen LogP contribution in [0, 0.1) is 0 Å². The summed E-state index contributed by atoms with van der Waals surface area (Å²) in [6.07, 6.45) is 0. The first-order chi connectivity index (χ1) is 14.6. The molecule has 0 fully saturated rings. The number of nitrogens with zero attached hydrogens (tertiary/aromatic N) is 1. The van der Waals surface area contributed by atoms with Gasteiger partial charge >= 0.3 is 5.97 Å². The second kappa shape index (κ2) is 10.3. The van der Waals surface area contributed by atoms with Crippen molar-refractivity contribution in [3.05, 3.63) is 65.9 Å². The number of hydrogen-bond acceptors (Lipinski definition) is 7. The fourth-order valence-corrected chi connectivity index (χ4v) is 3.10. The summed E-state index contributed by atoms with van der Waals surface area (Å²) in [6.45, 7) is 1.04. The van der Waals surface area contributed by atoms with Gasteiger partial charge in [0.2, 0.25) is 0 Å². The van der Waals surface area contributed by atoms with Gasteiger partial charge < -0.3 is 30.1 Å². The zero-order valence-corrected chi connectivity index (χ0v) is 16.8. The van der Waals surface area contributed by atoms with Crippen molar-refractivity contribution < 1.29 is 24.2 Å². The number of anilines is 2. The Morgan fingerprint density at radius 1 is 1.10 bits per heavy atom. The Bertz CT molecular complexity index is 914. The molecule has 0 spiro atoms. The number of aliphatic hydroxyl groups excluding tert-OH is 1. The Morgan fingerprint density at radius 2 is 1.80 bits per heavy atom. The molecule has 0 radical (unpaired) electrons.